The molecule has 0 radical (unpaired) electrons. The summed E-state index contributed by atoms with van der Waals surface area (Å²) in [6.45, 7) is 4.88. The number of carbonyl (C=O) groups excluding carboxylic acids is 2. The normalized spacial score (nSPS) is 18.1. The average Bonchev–Trinajstić information content (AvgIpc) is 3.01. The van der Waals surface area contributed by atoms with E-state index in [2.05, 4.69) is 11.6 Å². The molecule has 7 heteroatoms. The van der Waals surface area contributed by atoms with Crippen molar-refractivity contribution in [2.24, 2.45) is 0 Å². The van der Waals surface area contributed by atoms with Gasteiger partial charge in [0.1, 0.15) is 24.2 Å². The third-order valence-electron chi connectivity index (χ3n) is 4.79. The second-order valence-electron chi connectivity index (χ2n) is 7.17. The smallest absolute Gasteiger partial charge is 0.295 e. The number of amides is 1. The minimum atomic E-state index is -0.747. The van der Waals surface area contributed by atoms with Crippen LogP contribution in [0.3, 0.4) is 0 Å². The Morgan fingerprint density at radius 1 is 1.23 bits per heavy atom. The van der Waals surface area contributed by atoms with E-state index in [1.807, 2.05) is 19.0 Å². The number of ether oxygens (including phenoxy) is 1. The number of aromatic nitrogens is 1. The van der Waals surface area contributed by atoms with E-state index in [0.717, 1.165) is 0 Å². The zero-order valence-corrected chi connectivity index (χ0v) is 17.1. The highest BCUT2D eigenvalue weighted by atomic mass is 16.5. The molecule has 2 aromatic rings. The van der Waals surface area contributed by atoms with Gasteiger partial charge < -0.3 is 19.6 Å². The van der Waals surface area contributed by atoms with Crippen LogP contribution in [0, 0.1) is 0 Å². The topological polar surface area (TPSA) is 83.0 Å². The molecular weight excluding hydrogens is 382 g/mol. The van der Waals surface area contributed by atoms with Crippen molar-refractivity contribution in [3.8, 4) is 5.75 Å². The molecule has 30 heavy (non-hydrogen) atoms. The Morgan fingerprint density at radius 2 is 1.97 bits per heavy atom. The van der Waals surface area contributed by atoms with Crippen molar-refractivity contribution in [3.63, 3.8) is 0 Å². The summed E-state index contributed by atoms with van der Waals surface area (Å²) in [6.07, 6.45) is 3.24. The molecule has 156 valence electrons. The summed E-state index contributed by atoms with van der Waals surface area (Å²) in [5.74, 6) is -0.973. The third kappa shape index (κ3) is 4.41. The Labute approximate surface area is 175 Å². The van der Waals surface area contributed by atoms with Gasteiger partial charge in [-0.2, -0.15) is 0 Å². The van der Waals surface area contributed by atoms with Gasteiger partial charge in [0.15, 0.2) is 0 Å². The molecular formula is C23H25N3O4. The number of aliphatic hydroxyl groups excluding tert-OH is 1. The Kier molecular flexibility index (Phi) is 6.64. The van der Waals surface area contributed by atoms with Crippen LogP contribution >= 0.6 is 0 Å². The molecule has 1 aromatic heterocycles. The van der Waals surface area contributed by atoms with Crippen LogP contribution in [0.15, 0.2) is 66.9 Å². The van der Waals surface area contributed by atoms with Gasteiger partial charge in [0.05, 0.1) is 11.3 Å². The van der Waals surface area contributed by atoms with Crippen molar-refractivity contribution in [2.75, 3.05) is 33.8 Å². The lowest BCUT2D eigenvalue weighted by Gasteiger charge is -2.25. The van der Waals surface area contributed by atoms with E-state index in [4.69, 9.17) is 4.74 Å². The quantitative estimate of drug-likeness (QED) is 0.314. The van der Waals surface area contributed by atoms with Gasteiger partial charge in [-0.3, -0.25) is 14.6 Å². The predicted octanol–water partition coefficient (Wildman–Crippen LogP) is 2.63. The number of likely N-dealkylation sites (N-methyl/N-ethyl adjacent to an activating group) is 1. The molecule has 1 unspecified atom stereocenters. The number of likely N-dealkylation sites (tertiary alicyclic amines) is 1. The van der Waals surface area contributed by atoms with Gasteiger partial charge in [0.25, 0.3) is 11.7 Å². The molecule has 0 spiro atoms. The van der Waals surface area contributed by atoms with Gasteiger partial charge in [0, 0.05) is 24.8 Å². The van der Waals surface area contributed by atoms with Crippen molar-refractivity contribution in [2.45, 2.75) is 6.04 Å². The largest absolute Gasteiger partial charge is 0.507 e. The maximum absolute atomic E-state index is 12.9. The molecule has 1 N–H and O–H groups in total. The van der Waals surface area contributed by atoms with Gasteiger partial charge >= 0.3 is 0 Å². The summed E-state index contributed by atoms with van der Waals surface area (Å²) < 4.78 is 5.46. The summed E-state index contributed by atoms with van der Waals surface area (Å²) in [5, 5.41) is 11.0. The Bertz CT molecular complexity index is 952. The molecule has 1 aromatic carbocycles. The van der Waals surface area contributed by atoms with Gasteiger partial charge in [-0.15, -0.1) is 0 Å². The number of nitrogens with zero attached hydrogens (tertiary/aromatic N) is 3. The number of ketones is 1. The predicted molar refractivity (Wildman–Crippen MR) is 114 cm³/mol. The first-order valence-corrected chi connectivity index (χ1v) is 9.62. The van der Waals surface area contributed by atoms with Crippen LogP contribution in [-0.4, -0.2) is 65.4 Å². The van der Waals surface area contributed by atoms with Crippen LogP contribution < -0.4 is 4.74 Å². The van der Waals surface area contributed by atoms with Crippen LogP contribution in [-0.2, 0) is 9.59 Å². The number of Topliss-reactive ketones (excluding diaryl/α,β-unsaturated/α-hetero) is 1. The van der Waals surface area contributed by atoms with Crippen LogP contribution in [0.4, 0.5) is 0 Å². The summed E-state index contributed by atoms with van der Waals surface area (Å²) >= 11 is 0. The lowest BCUT2D eigenvalue weighted by Crippen LogP contribution is -2.35. The number of hydrogen-bond donors (Lipinski definition) is 1. The lowest BCUT2D eigenvalue weighted by molar-refractivity contribution is -0.140. The minimum absolute atomic E-state index is 0.0391. The first-order valence-electron chi connectivity index (χ1n) is 9.62. The molecule has 7 nitrogen and oxygen atoms in total. The molecule has 1 saturated heterocycles. The number of rotatable bonds is 8. The second kappa shape index (κ2) is 9.37. The molecule has 1 atom stereocenters. The second-order valence-corrected chi connectivity index (χ2v) is 7.17. The standard InChI is InChI=1S/C23H25N3O4/c1-4-15-30-17-10-8-16(9-11-17)21(27)19-20(18-7-5-6-12-24-18)26(14-13-25(2)3)23(29)22(19)28/h4-12,20,27H,1,13-15H2,2-3H3. The summed E-state index contributed by atoms with van der Waals surface area (Å²) in [5.41, 5.74) is 0.993. The fraction of sp³-hybridized carbons (Fsp3) is 0.261. The van der Waals surface area contributed by atoms with E-state index in [1.165, 1.54) is 4.90 Å². The fourth-order valence-electron chi connectivity index (χ4n) is 3.28. The van der Waals surface area contributed by atoms with E-state index in [9.17, 15) is 14.7 Å². The highest BCUT2D eigenvalue weighted by molar-refractivity contribution is 6.46. The van der Waals surface area contributed by atoms with Gasteiger partial charge in [0.2, 0.25) is 0 Å². The highest BCUT2D eigenvalue weighted by Gasteiger charge is 2.46. The molecule has 0 bridgehead atoms. The zero-order valence-electron chi connectivity index (χ0n) is 17.1. The van der Waals surface area contributed by atoms with Crippen LogP contribution in [0.2, 0.25) is 0 Å². The molecule has 1 aliphatic heterocycles. The van der Waals surface area contributed by atoms with E-state index in [0.29, 0.717) is 36.7 Å². The number of benzene rings is 1. The number of hydrogen-bond acceptors (Lipinski definition) is 6. The van der Waals surface area contributed by atoms with Crippen molar-refractivity contribution in [1.82, 2.24) is 14.8 Å². The molecule has 3 rings (SSSR count). The van der Waals surface area contributed by atoms with Crippen LogP contribution in [0.5, 0.6) is 5.75 Å². The third-order valence-corrected chi connectivity index (χ3v) is 4.79. The zero-order chi connectivity index (χ0) is 21.7. The Morgan fingerprint density at radius 3 is 2.57 bits per heavy atom. The maximum Gasteiger partial charge on any atom is 0.295 e. The summed E-state index contributed by atoms with van der Waals surface area (Å²) in [6, 6.07) is 11.2. The number of pyridine rings is 1. The molecule has 2 heterocycles. The van der Waals surface area contributed by atoms with E-state index < -0.39 is 17.7 Å². The van der Waals surface area contributed by atoms with E-state index in [-0.39, 0.29) is 11.3 Å². The fourth-order valence-corrected chi connectivity index (χ4v) is 3.28. The SMILES string of the molecule is C=CCOc1ccc(C(O)=C2C(=O)C(=O)N(CCN(C)C)C2c2ccccn2)cc1. The van der Waals surface area contributed by atoms with Gasteiger partial charge in [-0.1, -0.05) is 18.7 Å². The van der Waals surface area contributed by atoms with Crippen LogP contribution in [0.1, 0.15) is 17.3 Å². The van der Waals surface area contributed by atoms with Gasteiger partial charge in [-0.25, -0.2) is 0 Å². The van der Waals surface area contributed by atoms with Crippen molar-refractivity contribution < 1.29 is 19.4 Å². The minimum Gasteiger partial charge on any atom is -0.507 e. The summed E-state index contributed by atoms with van der Waals surface area (Å²) in [4.78, 5) is 33.4. The van der Waals surface area contributed by atoms with Gasteiger partial charge in [-0.05, 0) is 50.5 Å². The maximum atomic E-state index is 12.9. The average molecular weight is 407 g/mol. The number of aliphatic hydroxyl groups is 1. The first-order chi connectivity index (χ1) is 14.4. The number of carbonyl (C=O) groups is 2. The van der Waals surface area contributed by atoms with Crippen molar-refractivity contribution >= 4 is 17.4 Å². The molecule has 1 aliphatic rings. The lowest BCUT2D eigenvalue weighted by atomic mass is 9.98. The Balaban J connectivity index is 2.03. The van der Waals surface area contributed by atoms with E-state index in [1.54, 1.807) is 54.7 Å². The highest BCUT2D eigenvalue weighted by Crippen LogP contribution is 2.38. The van der Waals surface area contributed by atoms with Crippen molar-refractivity contribution in [3.05, 3.63) is 78.1 Å². The summed E-state index contributed by atoms with van der Waals surface area (Å²) in [7, 11) is 3.78. The molecule has 1 fully saturated rings. The Hall–Kier alpha value is -3.45. The first kappa shape index (κ1) is 21.3. The molecule has 0 saturated carbocycles. The van der Waals surface area contributed by atoms with Crippen LogP contribution in [0.25, 0.3) is 5.76 Å². The molecule has 1 amide bonds. The molecule has 0 aliphatic carbocycles. The van der Waals surface area contributed by atoms with Crippen molar-refractivity contribution in [1.29, 1.82) is 0 Å². The monoisotopic (exact) mass is 407 g/mol. The van der Waals surface area contributed by atoms with E-state index >= 15 is 0 Å².